The van der Waals surface area contributed by atoms with E-state index in [1.54, 1.807) is 18.5 Å². The number of hydrogen-bond donors (Lipinski definition) is 3. The van der Waals surface area contributed by atoms with Crippen LogP contribution in [0.5, 0.6) is 0 Å². The summed E-state index contributed by atoms with van der Waals surface area (Å²) in [6, 6.07) is 13.5. The number of hydrogen-bond acceptors (Lipinski definition) is 6. The molecule has 0 atom stereocenters. The Morgan fingerprint density at radius 3 is 2.67 bits per heavy atom. The molecule has 138 valence electrons. The number of amides is 1. The Labute approximate surface area is 166 Å². The van der Waals surface area contributed by atoms with Crippen LogP contribution in [0.3, 0.4) is 0 Å². The van der Waals surface area contributed by atoms with Gasteiger partial charge in [0.05, 0.1) is 11.3 Å². The van der Waals surface area contributed by atoms with Gasteiger partial charge in [-0.05, 0) is 36.2 Å². The van der Waals surface area contributed by atoms with Gasteiger partial charge in [-0.2, -0.15) is 0 Å². The van der Waals surface area contributed by atoms with Crippen molar-refractivity contribution in [3.63, 3.8) is 0 Å². The van der Waals surface area contributed by atoms with E-state index in [1.807, 2.05) is 36.4 Å². The summed E-state index contributed by atoms with van der Waals surface area (Å²) in [4.78, 5) is 21.6. The fraction of sp³-hybridized carbons (Fsp3) is 0.105. The maximum absolute atomic E-state index is 12.1. The first-order valence-corrected chi connectivity index (χ1v) is 9.44. The SMILES string of the molecule is NCCNC(=O)c1cncc(-c2cnc(Cl)c(NSc3ccccc3)c2)c1. The van der Waals surface area contributed by atoms with Crippen LogP contribution in [0.4, 0.5) is 5.69 Å². The summed E-state index contributed by atoms with van der Waals surface area (Å²) in [6.45, 7) is 0.796. The molecule has 4 N–H and O–H groups in total. The standard InChI is InChI=1S/C19H18ClN5OS/c20-18-17(25-27-16-4-2-1-3-5-16)9-14(12-24-18)13-8-15(11-22-10-13)19(26)23-7-6-21/h1-5,8-12,25H,6-7,21H2,(H,23,26). The average Bonchev–Trinajstić information content (AvgIpc) is 2.72. The van der Waals surface area contributed by atoms with Crippen LogP contribution in [-0.4, -0.2) is 29.0 Å². The molecule has 1 amide bonds. The molecular formula is C19H18ClN5OS. The van der Waals surface area contributed by atoms with Crippen LogP contribution < -0.4 is 15.8 Å². The highest BCUT2D eigenvalue weighted by atomic mass is 35.5. The van der Waals surface area contributed by atoms with Crippen LogP contribution in [0, 0.1) is 0 Å². The third-order valence-corrected chi connectivity index (χ3v) is 4.76. The lowest BCUT2D eigenvalue weighted by Gasteiger charge is -2.10. The number of anilines is 1. The molecule has 0 saturated carbocycles. The van der Waals surface area contributed by atoms with Crippen LogP contribution in [0.2, 0.25) is 5.15 Å². The average molecular weight is 400 g/mol. The molecule has 0 fully saturated rings. The van der Waals surface area contributed by atoms with Crippen molar-refractivity contribution in [2.45, 2.75) is 4.90 Å². The number of pyridine rings is 2. The van der Waals surface area contributed by atoms with Crippen molar-refractivity contribution in [1.82, 2.24) is 15.3 Å². The Morgan fingerprint density at radius 2 is 1.89 bits per heavy atom. The van der Waals surface area contributed by atoms with Gasteiger partial charge in [0.15, 0.2) is 5.15 Å². The molecule has 0 radical (unpaired) electrons. The highest BCUT2D eigenvalue weighted by Gasteiger charge is 2.10. The zero-order valence-corrected chi connectivity index (χ0v) is 15.9. The minimum Gasteiger partial charge on any atom is -0.351 e. The van der Waals surface area contributed by atoms with Gasteiger partial charge in [-0.15, -0.1) is 0 Å². The van der Waals surface area contributed by atoms with Gasteiger partial charge in [-0.25, -0.2) is 4.98 Å². The topological polar surface area (TPSA) is 92.9 Å². The molecule has 1 aromatic carbocycles. The largest absolute Gasteiger partial charge is 0.351 e. The maximum atomic E-state index is 12.1. The molecule has 0 aliphatic carbocycles. The van der Waals surface area contributed by atoms with E-state index in [-0.39, 0.29) is 5.91 Å². The summed E-state index contributed by atoms with van der Waals surface area (Å²) in [5.74, 6) is -0.213. The fourth-order valence-electron chi connectivity index (χ4n) is 2.29. The van der Waals surface area contributed by atoms with Crippen molar-refractivity contribution in [1.29, 1.82) is 0 Å². The molecule has 3 rings (SSSR count). The summed E-state index contributed by atoms with van der Waals surface area (Å²) >= 11 is 7.65. The van der Waals surface area contributed by atoms with Crippen LogP contribution in [-0.2, 0) is 0 Å². The molecule has 0 aliphatic rings. The van der Waals surface area contributed by atoms with Gasteiger partial charge in [-0.1, -0.05) is 29.8 Å². The Balaban J connectivity index is 1.80. The molecule has 0 saturated heterocycles. The van der Waals surface area contributed by atoms with Gasteiger partial charge in [-0.3, -0.25) is 9.78 Å². The first kappa shape index (κ1) is 19.2. The van der Waals surface area contributed by atoms with E-state index in [9.17, 15) is 4.79 Å². The molecule has 0 spiro atoms. The summed E-state index contributed by atoms with van der Waals surface area (Å²) in [7, 11) is 0. The minimum atomic E-state index is -0.213. The molecule has 6 nitrogen and oxygen atoms in total. The summed E-state index contributed by atoms with van der Waals surface area (Å²) < 4.78 is 3.21. The Morgan fingerprint density at radius 1 is 1.11 bits per heavy atom. The van der Waals surface area contributed by atoms with E-state index in [0.29, 0.717) is 29.5 Å². The van der Waals surface area contributed by atoms with Crippen molar-refractivity contribution < 1.29 is 4.79 Å². The highest BCUT2D eigenvalue weighted by Crippen LogP contribution is 2.30. The monoisotopic (exact) mass is 399 g/mol. The van der Waals surface area contributed by atoms with Crippen LogP contribution in [0.25, 0.3) is 11.1 Å². The number of rotatable bonds is 7. The van der Waals surface area contributed by atoms with Gasteiger partial charge < -0.3 is 15.8 Å². The van der Waals surface area contributed by atoms with E-state index in [0.717, 1.165) is 16.0 Å². The van der Waals surface area contributed by atoms with E-state index in [2.05, 4.69) is 20.0 Å². The Kier molecular flexibility index (Phi) is 6.64. The number of aromatic nitrogens is 2. The lowest BCUT2D eigenvalue weighted by atomic mass is 10.1. The lowest BCUT2D eigenvalue weighted by molar-refractivity contribution is 0.0954. The highest BCUT2D eigenvalue weighted by molar-refractivity contribution is 8.00. The molecule has 8 heteroatoms. The second-order valence-corrected chi connectivity index (χ2v) is 6.82. The first-order chi connectivity index (χ1) is 13.2. The number of carbonyl (C=O) groups excluding carboxylic acids is 1. The van der Waals surface area contributed by atoms with E-state index < -0.39 is 0 Å². The van der Waals surface area contributed by atoms with E-state index >= 15 is 0 Å². The zero-order valence-electron chi connectivity index (χ0n) is 14.4. The van der Waals surface area contributed by atoms with Crippen molar-refractivity contribution in [3.8, 4) is 11.1 Å². The molecule has 2 aromatic heterocycles. The van der Waals surface area contributed by atoms with Crippen molar-refractivity contribution >= 4 is 35.1 Å². The Hall–Kier alpha value is -2.61. The second kappa shape index (κ2) is 9.36. The van der Waals surface area contributed by atoms with Gasteiger partial charge in [0.2, 0.25) is 0 Å². The normalized spacial score (nSPS) is 10.4. The first-order valence-electron chi connectivity index (χ1n) is 8.24. The van der Waals surface area contributed by atoms with Crippen LogP contribution >= 0.6 is 23.5 Å². The molecular weight excluding hydrogens is 382 g/mol. The van der Waals surface area contributed by atoms with Crippen molar-refractivity contribution in [3.05, 3.63) is 71.8 Å². The molecule has 0 aliphatic heterocycles. The molecule has 3 aromatic rings. The summed E-state index contributed by atoms with van der Waals surface area (Å²) in [6.07, 6.45) is 4.85. The third kappa shape index (κ3) is 5.19. The number of nitrogens with one attached hydrogen (secondary N) is 2. The molecule has 0 bridgehead atoms. The molecule has 2 heterocycles. The predicted molar refractivity (Wildman–Crippen MR) is 110 cm³/mol. The number of nitrogens with zero attached hydrogens (tertiary/aromatic N) is 2. The number of carbonyl (C=O) groups is 1. The zero-order chi connectivity index (χ0) is 19.1. The number of nitrogens with two attached hydrogens (primary N) is 1. The number of benzene rings is 1. The Bertz CT molecular complexity index is 923. The summed E-state index contributed by atoms with van der Waals surface area (Å²) in [5.41, 5.74) is 8.13. The predicted octanol–water partition coefficient (Wildman–Crippen LogP) is 3.60. The minimum absolute atomic E-state index is 0.213. The van der Waals surface area contributed by atoms with Crippen molar-refractivity contribution in [2.24, 2.45) is 5.73 Å². The second-order valence-electron chi connectivity index (χ2n) is 5.59. The summed E-state index contributed by atoms with van der Waals surface area (Å²) in [5, 5.41) is 3.10. The van der Waals surface area contributed by atoms with E-state index in [1.165, 1.54) is 18.1 Å². The van der Waals surface area contributed by atoms with Crippen LogP contribution in [0.1, 0.15) is 10.4 Å². The number of halogens is 1. The van der Waals surface area contributed by atoms with Gasteiger partial charge in [0.1, 0.15) is 0 Å². The smallest absolute Gasteiger partial charge is 0.252 e. The van der Waals surface area contributed by atoms with Gasteiger partial charge in [0, 0.05) is 47.7 Å². The van der Waals surface area contributed by atoms with Gasteiger partial charge in [0.25, 0.3) is 5.91 Å². The fourth-order valence-corrected chi connectivity index (χ4v) is 3.17. The lowest BCUT2D eigenvalue weighted by Crippen LogP contribution is -2.29. The van der Waals surface area contributed by atoms with E-state index in [4.69, 9.17) is 17.3 Å². The quantitative estimate of drug-likeness (QED) is 0.415. The van der Waals surface area contributed by atoms with Crippen LogP contribution in [0.15, 0.2) is 66.0 Å². The molecule has 27 heavy (non-hydrogen) atoms. The van der Waals surface area contributed by atoms with Gasteiger partial charge >= 0.3 is 0 Å². The van der Waals surface area contributed by atoms with Crippen molar-refractivity contribution in [2.75, 3.05) is 17.8 Å². The third-order valence-electron chi connectivity index (χ3n) is 3.62. The maximum Gasteiger partial charge on any atom is 0.252 e. The molecule has 0 unspecified atom stereocenters.